The van der Waals surface area contributed by atoms with Gasteiger partial charge in [0.1, 0.15) is 5.82 Å². The first kappa shape index (κ1) is 14.2. The van der Waals surface area contributed by atoms with Crippen molar-refractivity contribution >= 4 is 5.82 Å². The second-order valence-corrected chi connectivity index (χ2v) is 7.20. The summed E-state index contributed by atoms with van der Waals surface area (Å²) in [4.78, 5) is 0. The average molecular weight is 283 g/mol. The van der Waals surface area contributed by atoms with Crippen molar-refractivity contribution in [3.8, 4) is 0 Å². The molecule has 0 spiro atoms. The van der Waals surface area contributed by atoms with Gasteiger partial charge in [-0.2, -0.15) is 5.10 Å². The molecule has 3 rings (SSSR count). The summed E-state index contributed by atoms with van der Waals surface area (Å²) in [6.45, 7) is 12.0. The van der Waals surface area contributed by atoms with Gasteiger partial charge in [0.25, 0.3) is 0 Å². The molecule has 1 aromatic carbocycles. The maximum Gasteiger partial charge on any atom is 0.125 e. The van der Waals surface area contributed by atoms with Gasteiger partial charge in [-0.15, -0.1) is 0 Å². The van der Waals surface area contributed by atoms with Crippen molar-refractivity contribution in [2.75, 3.05) is 11.9 Å². The Bertz CT molecular complexity index is 662. The van der Waals surface area contributed by atoms with Gasteiger partial charge in [-0.1, -0.05) is 44.5 Å². The Kier molecular flexibility index (Phi) is 3.31. The van der Waals surface area contributed by atoms with Crippen LogP contribution in [0.3, 0.4) is 0 Å². The van der Waals surface area contributed by atoms with Crippen molar-refractivity contribution in [2.45, 2.75) is 52.5 Å². The number of benzene rings is 1. The van der Waals surface area contributed by atoms with Gasteiger partial charge >= 0.3 is 0 Å². The third-order valence-electron chi connectivity index (χ3n) is 4.32. The summed E-state index contributed by atoms with van der Waals surface area (Å²) in [5, 5.41) is 8.39. The predicted octanol–water partition coefficient (Wildman–Crippen LogP) is 4.20. The van der Waals surface area contributed by atoms with Crippen LogP contribution in [0.2, 0.25) is 0 Å². The fourth-order valence-electron chi connectivity index (χ4n) is 3.00. The van der Waals surface area contributed by atoms with E-state index in [-0.39, 0.29) is 5.41 Å². The van der Waals surface area contributed by atoms with Crippen LogP contribution in [0, 0.1) is 13.8 Å². The Morgan fingerprint density at radius 2 is 1.95 bits per heavy atom. The predicted molar refractivity (Wildman–Crippen MR) is 88.1 cm³/mol. The molecule has 1 atom stereocenters. The number of nitrogens with zero attached hydrogens (tertiary/aromatic N) is 2. The van der Waals surface area contributed by atoms with Gasteiger partial charge in [0.15, 0.2) is 0 Å². The van der Waals surface area contributed by atoms with Gasteiger partial charge in [0.2, 0.25) is 0 Å². The molecule has 21 heavy (non-hydrogen) atoms. The second kappa shape index (κ2) is 4.90. The Balaban J connectivity index is 2.08. The fourth-order valence-corrected chi connectivity index (χ4v) is 3.00. The highest BCUT2D eigenvalue weighted by atomic mass is 15.4. The number of rotatable bonds is 1. The Hall–Kier alpha value is -1.77. The molecule has 0 saturated heterocycles. The Morgan fingerprint density at radius 1 is 1.19 bits per heavy atom. The van der Waals surface area contributed by atoms with Crippen LogP contribution in [0.4, 0.5) is 5.82 Å². The number of anilines is 1. The van der Waals surface area contributed by atoms with E-state index >= 15 is 0 Å². The highest BCUT2D eigenvalue weighted by Crippen LogP contribution is 2.34. The van der Waals surface area contributed by atoms with Crippen LogP contribution >= 0.6 is 0 Å². The monoisotopic (exact) mass is 283 g/mol. The molecule has 112 valence electrons. The summed E-state index contributed by atoms with van der Waals surface area (Å²) >= 11 is 0. The normalized spacial score (nSPS) is 18.2. The zero-order valence-corrected chi connectivity index (χ0v) is 13.7. The number of aromatic nitrogens is 2. The lowest BCUT2D eigenvalue weighted by molar-refractivity contribution is 0.461. The smallest absolute Gasteiger partial charge is 0.125 e. The van der Waals surface area contributed by atoms with Crippen molar-refractivity contribution in [1.82, 2.24) is 9.78 Å². The zero-order chi connectivity index (χ0) is 15.2. The highest BCUT2D eigenvalue weighted by Gasteiger charge is 2.27. The summed E-state index contributed by atoms with van der Waals surface area (Å²) in [6.07, 6.45) is 1.09. The summed E-state index contributed by atoms with van der Waals surface area (Å²) < 4.78 is 2.19. The molecule has 0 bridgehead atoms. The molecule has 0 aliphatic carbocycles. The molecular weight excluding hydrogens is 258 g/mol. The lowest BCUT2D eigenvalue weighted by Crippen LogP contribution is -2.25. The van der Waals surface area contributed by atoms with E-state index in [0.717, 1.165) is 24.5 Å². The minimum absolute atomic E-state index is 0.0816. The quantitative estimate of drug-likeness (QED) is 0.850. The van der Waals surface area contributed by atoms with Crippen molar-refractivity contribution in [3.63, 3.8) is 0 Å². The van der Waals surface area contributed by atoms with Crippen molar-refractivity contribution in [3.05, 3.63) is 46.6 Å². The molecular formula is C18H25N3. The number of fused-ring (bicyclic) bond motifs is 1. The standard InChI is InChI=1S/C18H25N3/c1-12-6-7-13(2)14(10-12)15-8-9-19-17-11-16(18(3,4)5)20-21(15)17/h6-7,10-11,15,19H,8-9H2,1-5H3. The van der Waals surface area contributed by atoms with Crippen LogP contribution in [0.15, 0.2) is 24.3 Å². The Morgan fingerprint density at radius 3 is 2.67 bits per heavy atom. The number of aryl methyl sites for hydroxylation is 2. The van der Waals surface area contributed by atoms with Crippen molar-refractivity contribution < 1.29 is 0 Å². The van der Waals surface area contributed by atoms with Gasteiger partial charge in [-0.25, -0.2) is 4.68 Å². The first-order valence-corrected chi connectivity index (χ1v) is 7.77. The van der Waals surface area contributed by atoms with Gasteiger partial charge in [0.05, 0.1) is 11.7 Å². The minimum Gasteiger partial charge on any atom is -0.370 e. The van der Waals surface area contributed by atoms with Crippen LogP contribution in [-0.2, 0) is 5.41 Å². The summed E-state index contributed by atoms with van der Waals surface area (Å²) in [5.41, 5.74) is 5.31. The van der Waals surface area contributed by atoms with Crippen LogP contribution in [0.1, 0.15) is 55.6 Å². The maximum absolute atomic E-state index is 4.90. The highest BCUT2D eigenvalue weighted by molar-refractivity contribution is 5.44. The minimum atomic E-state index is 0.0816. The molecule has 2 heterocycles. The zero-order valence-electron chi connectivity index (χ0n) is 13.7. The second-order valence-electron chi connectivity index (χ2n) is 7.20. The van der Waals surface area contributed by atoms with Gasteiger partial charge < -0.3 is 5.32 Å². The van der Waals surface area contributed by atoms with Gasteiger partial charge in [-0.05, 0) is 31.4 Å². The molecule has 1 N–H and O–H groups in total. The molecule has 1 aliphatic rings. The summed E-state index contributed by atoms with van der Waals surface area (Å²) in [6, 6.07) is 9.27. The first-order valence-electron chi connectivity index (χ1n) is 7.77. The SMILES string of the molecule is Cc1ccc(C)c(C2CCNc3cc(C(C)(C)C)nn32)c1. The van der Waals surface area contributed by atoms with E-state index in [0.29, 0.717) is 6.04 Å². The largest absolute Gasteiger partial charge is 0.370 e. The van der Waals surface area contributed by atoms with E-state index in [1.54, 1.807) is 0 Å². The van der Waals surface area contributed by atoms with Crippen molar-refractivity contribution in [1.29, 1.82) is 0 Å². The molecule has 1 aromatic heterocycles. The molecule has 3 nitrogen and oxygen atoms in total. The molecule has 0 fully saturated rings. The van der Waals surface area contributed by atoms with Crippen LogP contribution < -0.4 is 5.32 Å². The molecule has 0 radical (unpaired) electrons. The molecule has 2 aromatic rings. The molecule has 1 unspecified atom stereocenters. The fraction of sp³-hybridized carbons (Fsp3) is 0.500. The number of hydrogen-bond acceptors (Lipinski definition) is 2. The van der Waals surface area contributed by atoms with E-state index in [4.69, 9.17) is 5.10 Å². The summed E-state index contributed by atoms with van der Waals surface area (Å²) in [5.74, 6) is 1.15. The third-order valence-corrected chi connectivity index (χ3v) is 4.32. The molecule has 3 heteroatoms. The molecule has 0 saturated carbocycles. The number of hydrogen-bond donors (Lipinski definition) is 1. The van der Waals surface area contributed by atoms with E-state index < -0.39 is 0 Å². The van der Waals surface area contributed by atoms with Gasteiger partial charge in [-0.3, -0.25) is 0 Å². The lowest BCUT2D eigenvalue weighted by Gasteiger charge is -2.27. The van der Waals surface area contributed by atoms with E-state index in [1.807, 2.05) is 0 Å². The van der Waals surface area contributed by atoms with E-state index in [2.05, 4.69) is 68.9 Å². The van der Waals surface area contributed by atoms with Crippen molar-refractivity contribution in [2.24, 2.45) is 0 Å². The van der Waals surface area contributed by atoms with E-state index in [1.165, 1.54) is 16.7 Å². The van der Waals surface area contributed by atoms with Crippen LogP contribution in [0.5, 0.6) is 0 Å². The lowest BCUT2D eigenvalue weighted by atomic mass is 9.92. The molecule has 0 amide bonds. The van der Waals surface area contributed by atoms with E-state index in [9.17, 15) is 0 Å². The summed E-state index contributed by atoms with van der Waals surface area (Å²) in [7, 11) is 0. The first-order chi connectivity index (χ1) is 9.86. The topological polar surface area (TPSA) is 29.9 Å². The Labute approximate surface area is 127 Å². The van der Waals surface area contributed by atoms with Gasteiger partial charge in [0, 0.05) is 18.0 Å². The number of nitrogens with one attached hydrogen (secondary N) is 1. The maximum atomic E-state index is 4.90. The molecule has 1 aliphatic heterocycles. The third kappa shape index (κ3) is 2.57. The van der Waals surface area contributed by atoms with Crippen LogP contribution in [-0.4, -0.2) is 16.3 Å². The van der Waals surface area contributed by atoms with Crippen LogP contribution in [0.25, 0.3) is 0 Å². The average Bonchev–Trinajstić information content (AvgIpc) is 2.85.